The Hall–Kier alpha value is 0.570. The molecule has 4 heteroatoms. The molecular formula is C8H16O2PS-. The normalized spacial score (nSPS) is 42.2. The fourth-order valence-corrected chi connectivity index (χ4v) is 2.37. The third-order valence-corrected chi connectivity index (χ3v) is 3.81. The van der Waals surface area contributed by atoms with Crippen LogP contribution in [0.2, 0.25) is 0 Å². The van der Waals surface area contributed by atoms with E-state index >= 15 is 0 Å². The average Bonchev–Trinajstić information content (AvgIpc) is 2.24. The summed E-state index contributed by atoms with van der Waals surface area (Å²) in [6.45, 7) is 3.31. The van der Waals surface area contributed by atoms with Crippen LogP contribution in [0.5, 0.6) is 0 Å². The molecule has 0 aromatic rings. The molecule has 1 saturated heterocycles. The molecule has 4 atom stereocenters. The van der Waals surface area contributed by atoms with Crippen molar-refractivity contribution < 1.29 is 11.0 Å². The molecule has 0 aromatic carbocycles. The first kappa shape index (κ1) is 9.14. The minimum atomic E-state index is -2.32. The topological polar surface area (TPSA) is 32.3 Å². The van der Waals surface area contributed by atoms with E-state index in [-0.39, 0.29) is 12.7 Å². The van der Waals surface area contributed by atoms with Gasteiger partial charge in [-0.25, -0.2) is 0 Å². The van der Waals surface area contributed by atoms with Crippen molar-refractivity contribution in [3.63, 3.8) is 0 Å². The van der Waals surface area contributed by atoms with Crippen LogP contribution in [0, 0.1) is 5.92 Å². The maximum absolute atomic E-state index is 11.3. The first-order valence-corrected chi connectivity index (χ1v) is 7.59. The second-order valence-electron chi connectivity index (χ2n) is 3.58. The van der Waals surface area contributed by atoms with Crippen molar-refractivity contribution in [3.05, 3.63) is 0 Å². The molecule has 0 bridgehead atoms. The molecule has 1 aliphatic heterocycles. The minimum absolute atomic E-state index is 0.0960. The Morgan fingerprint density at radius 2 is 2.50 bits per heavy atom. The lowest BCUT2D eigenvalue weighted by molar-refractivity contribution is -0.160. The zero-order valence-corrected chi connectivity index (χ0v) is 9.24. The van der Waals surface area contributed by atoms with Crippen LogP contribution in [0.25, 0.3) is 0 Å². The molecule has 1 fully saturated rings. The van der Waals surface area contributed by atoms with Crippen LogP contribution in [0.1, 0.15) is 21.1 Å². The van der Waals surface area contributed by atoms with E-state index in [9.17, 15) is 4.89 Å². The van der Waals surface area contributed by atoms with E-state index in [0.29, 0.717) is 12.1 Å². The highest BCUT2D eigenvalue weighted by atomic mass is 32.4. The fourth-order valence-electron chi connectivity index (χ4n) is 1.33. The number of hydrogen-bond donors (Lipinski definition) is 0. The molecule has 0 amide bonds. The van der Waals surface area contributed by atoms with Gasteiger partial charge in [-0.05, 0) is 31.6 Å². The maximum atomic E-state index is 11.3. The van der Waals surface area contributed by atoms with Gasteiger partial charge < -0.3 is 9.63 Å². The Balaban J connectivity index is 2.34. The van der Waals surface area contributed by atoms with Gasteiger partial charge in [0, 0.05) is 6.58 Å². The van der Waals surface area contributed by atoms with Crippen molar-refractivity contribution in [2.45, 2.75) is 25.9 Å². The summed E-state index contributed by atoms with van der Waals surface area (Å²) in [6, 6.07) is 0. The molecule has 1 aliphatic rings. The van der Waals surface area contributed by atoms with E-state index in [4.69, 9.17) is 17.9 Å². The van der Waals surface area contributed by atoms with E-state index in [0.717, 1.165) is 12.8 Å². The molecule has 0 N–H and O–H groups in total. The minimum Gasteiger partial charge on any atom is -0.821 e. The summed E-state index contributed by atoms with van der Waals surface area (Å²) in [7, 11) is 0. The van der Waals surface area contributed by atoms with Gasteiger partial charge in [0.25, 0.3) is 0 Å². The second-order valence-corrected chi connectivity index (χ2v) is 8.37. The second kappa shape index (κ2) is 4.19. The van der Waals surface area contributed by atoms with E-state index in [2.05, 4.69) is 6.92 Å². The maximum Gasteiger partial charge on any atom is 0.0604 e. The molecule has 0 aromatic heterocycles. The zero-order valence-electron chi connectivity index (χ0n) is 8.53. The van der Waals surface area contributed by atoms with Crippen LogP contribution in [0.15, 0.2) is 0 Å². The van der Waals surface area contributed by atoms with Gasteiger partial charge in [-0.1, -0.05) is 6.92 Å². The Morgan fingerprint density at radius 3 is 2.92 bits per heavy atom. The molecule has 0 radical (unpaired) electrons. The number of hydrogen-bond acceptors (Lipinski definition) is 3. The summed E-state index contributed by atoms with van der Waals surface area (Å²) in [5, 5.41) is 0. The molecule has 2 nitrogen and oxygen atoms in total. The highest BCUT2D eigenvalue weighted by molar-refractivity contribution is 8.10. The van der Waals surface area contributed by atoms with E-state index in [1.54, 1.807) is 6.66 Å². The summed E-state index contributed by atoms with van der Waals surface area (Å²) in [5.74, 6) is 0.407. The highest BCUT2D eigenvalue weighted by Gasteiger charge is 2.23. The lowest BCUT2D eigenvalue weighted by Crippen LogP contribution is -2.16. The van der Waals surface area contributed by atoms with Crippen LogP contribution >= 0.6 is 6.26 Å². The van der Waals surface area contributed by atoms with Crippen LogP contribution in [-0.4, -0.2) is 25.5 Å². The Kier molecular flexibility index (Phi) is 3.19. The molecule has 1 rings (SSSR count). The van der Waals surface area contributed by atoms with E-state index in [1.165, 1.54) is 0 Å². The molecule has 12 heavy (non-hydrogen) atoms. The van der Waals surface area contributed by atoms with Gasteiger partial charge in [0.05, 0.1) is 7.47 Å². The van der Waals surface area contributed by atoms with E-state index in [1.807, 2.05) is 0 Å². The zero-order chi connectivity index (χ0) is 10.1. The monoisotopic (exact) mass is 209 g/mol. The van der Waals surface area contributed by atoms with Crippen LogP contribution in [0.4, 0.5) is 0 Å². The Bertz CT molecular complexity index is 218. The van der Waals surface area contributed by atoms with Crippen molar-refractivity contribution in [2.75, 3.05) is 19.4 Å². The molecule has 0 aliphatic carbocycles. The predicted octanol–water partition coefficient (Wildman–Crippen LogP) is 1.19. The van der Waals surface area contributed by atoms with Gasteiger partial charge >= 0.3 is 0 Å². The molecule has 0 spiro atoms. The summed E-state index contributed by atoms with van der Waals surface area (Å²) in [6.07, 6.45) is -0.135. The molecule has 72 valence electrons. The van der Waals surface area contributed by atoms with Crippen molar-refractivity contribution in [1.82, 2.24) is 0 Å². The Labute approximate surface area is 80.8 Å². The van der Waals surface area contributed by atoms with Gasteiger partial charge in [0.1, 0.15) is 0 Å². The molecule has 1 unspecified atom stereocenters. The predicted molar refractivity (Wildman–Crippen MR) is 53.2 cm³/mol. The van der Waals surface area contributed by atoms with Gasteiger partial charge in [-0.3, -0.25) is 0 Å². The van der Waals surface area contributed by atoms with Crippen molar-refractivity contribution in [1.29, 1.82) is 0 Å². The fraction of sp³-hybridized carbons (Fsp3) is 1.00. The third-order valence-electron chi connectivity index (χ3n) is 2.19. The van der Waals surface area contributed by atoms with Crippen molar-refractivity contribution >= 4 is 18.1 Å². The van der Waals surface area contributed by atoms with Crippen LogP contribution in [-0.2, 0) is 16.5 Å². The van der Waals surface area contributed by atoms with E-state index < -0.39 is 6.26 Å². The lowest BCUT2D eigenvalue weighted by atomic mass is 10.0. The number of ether oxygens (including phenoxy) is 1. The lowest BCUT2D eigenvalue weighted by Gasteiger charge is -2.24. The van der Waals surface area contributed by atoms with Gasteiger partial charge in [0.15, 0.2) is 0 Å². The van der Waals surface area contributed by atoms with Crippen LogP contribution < -0.4 is 4.89 Å². The summed E-state index contributed by atoms with van der Waals surface area (Å²) >= 11 is 4.84. The summed E-state index contributed by atoms with van der Waals surface area (Å²) in [5.41, 5.74) is 0. The average molecular weight is 209 g/mol. The van der Waals surface area contributed by atoms with Gasteiger partial charge in [-0.2, -0.15) is 0 Å². The first-order valence-electron chi connectivity index (χ1n) is 4.81. The van der Waals surface area contributed by atoms with Crippen molar-refractivity contribution in [2.24, 2.45) is 5.92 Å². The SMILES string of the molecule is [3H][C@@H]1C[C@@H](C)[C@@H](CCP(C)([O-])=S)O1. The first-order chi connectivity index (χ1) is 5.88. The smallest absolute Gasteiger partial charge is 0.0604 e. The van der Waals surface area contributed by atoms with Gasteiger partial charge in [0.2, 0.25) is 0 Å². The largest absolute Gasteiger partial charge is 0.821 e. The standard InChI is InChI=1S/C8H17O2PS/c1-7-3-5-10-8(7)4-6-11(2,9)12/h7-8H,3-6H2,1-2H3,(H,9,12)/p-1/t7-,8-,11?/m1/s1/i5T/t5-,7-,8-,11?. The summed E-state index contributed by atoms with van der Waals surface area (Å²) < 4.78 is 12.8. The molecule has 0 saturated carbocycles. The van der Waals surface area contributed by atoms with Crippen molar-refractivity contribution in [3.8, 4) is 0 Å². The summed E-state index contributed by atoms with van der Waals surface area (Å²) in [4.78, 5) is 11.3. The molecular weight excluding hydrogens is 191 g/mol. The van der Waals surface area contributed by atoms with Crippen LogP contribution in [0.3, 0.4) is 0 Å². The number of rotatable bonds is 3. The quantitative estimate of drug-likeness (QED) is 0.654. The Morgan fingerprint density at radius 1 is 1.83 bits per heavy atom. The van der Waals surface area contributed by atoms with Gasteiger partial charge in [-0.15, -0.1) is 18.1 Å². The molecule has 1 heterocycles. The highest BCUT2D eigenvalue weighted by Crippen LogP contribution is 2.34. The third kappa shape index (κ3) is 3.53.